The summed E-state index contributed by atoms with van der Waals surface area (Å²) in [7, 11) is 0. The van der Waals surface area contributed by atoms with Crippen LogP contribution in [0.15, 0.2) is 24.3 Å². The van der Waals surface area contributed by atoms with Crippen molar-refractivity contribution in [2.75, 3.05) is 19.7 Å². The topological polar surface area (TPSA) is 95.7 Å². The minimum Gasteiger partial charge on any atom is -0.394 e. The molecule has 1 aliphatic heterocycles. The van der Waals surface area contributed by atoms with Gasteiger partial charge in [-0.25, -0.2) is 0 Å². The SMILES string of the molecule is NC1CCCCN(CC(=O)NC(CO)c2ccccc2C(F)(F)F)C1=O. The quantitative estimate of drug-likeness (QED) is 0.723. The molecule has 1 heterocycles. The van der Waals surface area contributed by atoms with E-state index < -0.39 is 36.3 Å². The van der Waals surface area contributed by atoms with Crippen molar-refractivity contribution in [3.63, 3.8) is 0 Å². The predicted molar refractivity (Wildman–Crippen MR) is 87.8 cm³/mol. The number of likely N-dealkylation sites (tertiary alicyclic amines) is 1. The zero-order valence-corrected chi connectivity index (χ0v) is 14.1. The number of amides is 2. The van der Waals surface area contributed by atoms with Gasteiger partial charge in [0.05, 0.1) is 30.8 Å². The van der Waals surface area contributed by atoms with Gasteiger partial charge in [-0.05, 0) is 30.9 Å². The Balaban J connectivity index is 2.11. The maximum atomic E-state index is 13.1. The van der Waals surface area contributed by atoms with Crippen LogP contribution in [0.4, 0.5) is 13.2 Å². The van der Waals surface area contributed by atoms with Crippen molar-refractivity contribution in [1.82, 2.24) is 10.2 Å². The molecule has 144 valence electrons. The van der Waals surface area contributed by atoms with Crippen LogP contribution in [0.1, 0.15) is 36.4 Å². The van der Waals surface area contributed by atoms with Crippen molar-refractivity contribution in [3.8, 4) is 0 Å². The molecule has 1 fully saturated rings. The van der Waals surface area contributed by atoms with Gasteiger partial charge in [0.25, 0.3) is 0 Å². The molecule has 1 aliphatic rings. The largest absolute Gasteiger partial charge is 0.416 e. The smallest absolute Gasteiger partial charge is 0.394 e. The highest BCUT2D eigenvalue weighted by molar-refractivity contribution is 5.87. The van der Waals surface area contributed by atoms with Gasteiger partial charge in [-0.15, -0.1) is 0 Å². The first-order chi connectivity index (χ1) is 12.2. The summed E-state index contributed by atoms with van der Waals surface area (Å²) in [4.78, 5) is 25.7. The van der Waals surface area contributed by atoms with Gasteiger partial charge in [0.1, 0.15) is 0 Å². The normalized spacial score (nSPS) is 19.8. The molecule has 2 atom stereocenters. The van der Waals surface area contributed by atoms with Gasteiger partial charge in [0, 0.05) is 6.54 Å². The van der Waals surface area contributed by atoms with Gasteiger partial charge in [-0.1, -0.05) is 18.2 Å². The van der Waals surface area contributed by atoms with Gasteiger partial charge < -0.3 is 21.1 Å². The maximum absolute atomic E-state index is 13.1. The molecule has 2 unspecified atom stereocenters. The van der Waals surface area contributed by atoms with E-state index in [4.69, 9.17) is 5.73 Å². The van der Waals surface area contributed by atoms with Gasteiger partial charge >= 0.3 is 6.18 Å². The average Bonchev–Trinajstić information content (AvgIpc) is 2.74. The summed E-state index contributed by atoms with van der Waals surface area (Å²) >= 11 is 0. The summed E-state index contributed by atoms with van der Waals surface area (Å²) in [6.07, 6.45) is -2.60. The molecule has 0 aromatic heterocycles. The molecule has 4 N–H and O–H groups in total. The Hall–Kier alpha value is -2.13. The second-order valence-electron chi connectivity index (χ2n) is 6.25. The number of alkyl halides is 3. The highest BCUT2D eigenvalue weighted by Crippen LogP contribution is 2.34. The summed E-state index contributed by atoms with van der Waals surface area (Å²) in [5.41, 5.74) is 4.59. The first kappa shape index (κ1) is 20.2. The number of aliphatic hydroxyl groups excluding tert-OH is 1. The van der Waals surface area contributed by atoms with E-state index >= 15 is 0 Å². The average molecular weight is 373 g/mol. The zero-order valence-electron chi connectivity index (χ0n) is 14.1. The number of nitrogens with two attached hydrogens (primary N) is 1. The van der Waals surface area contributed by atoms with Crippen molar-refractivity contribution >= 4 is 11.8 Å². The number of nitrogens with zero attached hydrogens (tertiary/aromatic N) is 1. The van der Waals surface area contributed by atoms with Crippen molar-refractivity contribution in [3.05, 3.63) is 35.4 Å². The molecule has 0 radical (unpaired) electrons. The number of nitrogens with one attached hydrogen (secondary N) is 1. The standard InChI is InChI=1S/C17H22F3N3O3/c18-17(19,20)12-6-2-1-5-11(12)14(10-24)22-15(25)9-23-8-4-3-7-13(21)16(23)26/h1-2,5-6,13-14,24H,3-4,7-10,21H2,(H,22,25). The Morgan fingerprint density at radius 2 is 2.04 bits per heavy atom. The second-order valence-corrected chi connectivity index (χ2v) is 6.25. The molecule has 1 saturated heterocycles. The molecular weight excluding hydrogens is 351 g/mol. The minimum absolute atomic E-state index is 0.227. The number of rotatable bonds is 5. The molecule has 26 heavy (non-hydrogen) atoms. The molecule has 2 amide bonds. The van der Waals surface area contributed by atoms with E-state index in [1.165, 1.54) is 23.1 Å². The van der Waals surface area contributed by atoms with Crippen LogP contribution in [-0.4, -0.2) is 47.6 Å². The molecule has 1 aromatic carbocycles. The fourth-order valence-electron chi connectivity index (χ4n) is 2.99. The van der Waals surface area contributed by atoms with Gasteiger partial charge in [-0.2, -0.15) is 13.2 Å². The number of benzene rings is 1. The highest BCUT2D eigenvalue weighted by Gasteiger charge is 2.35. The highest BCUT2D eigenvalue weighted by atomic mass is 19.4. The van der Waals surface area contributed by atoms with E-state index in [1.54, 1.807) is 0 Å². The fourth-order valence-corrected chi connectivity index (χ4v) is 2.99. The van der Waals surface area contributed by atoms with E-state index in [2.05, 4.69) is 5.32 Å². The van der Waals surface area contributed by atoms with Crippen molar-refractivity contribution in [1.29, 1.82) is 0 Å². The van der Waals surface area contributed by atoms with Crippen LogP contribution in [0.3, 0.4) is 0 Å². The minimum atomic E-state index is -4.61. The molecule has 9 heteroatoms. The number of hydrogen-bond donors (Lipinski definition) is 3. The molecule has 0 saturated carbocycles. The fraction of sp³-hybridized carbons (Fsp3) is 0.529. The monoisotopic (exact) mass is 373 g/mol. The van der Waals surface area contributed by atoms with Crippen molar-refractivity contribution in [2.24, 2.45) is 5.73 Å². The van der Waals surface area contributed by atoms with Crippen LogP contribution in [0.5, 0.6) is 0 Å². The Bertz CT molecular complexity index is 652. The summed E-state index contributed by atoms with van der Waals surface area (Å²) < 4.78 is 39.4. The predicted octanol–water partition coefficient (Wildman–Crippen LogP) is 1.19. The lowest BCUT2D eigenvalue weighted by atomic mass is 10.00. The first-order valence-electron chi connectivity index (χ1n) is 8.34. The Morgan fingerprint density at radius 3 is 2.69 bits per heavy atom. The lowest BCUT2D eigenvalue weighted by Crippen LogP contribution is -2.47. The molecule has 2 rings (SSSR count). The molecule has 0 spiro atoms. The molecule has 1 aromatic rings. The molecule has 0 aliphatic carbocycles. The van der Waals surface area contributed by atoms with Crippen LogP contribution in [-0.2, 0) is 15.8 Å². The zero-order chi connectivity index (χ0) is 19.3. The van der Waals surface area contributed by atoms with Crippen LogP contribution in [0.25, 0.3) is 0 Å². The van der Waals surface area contributed by atoms with E-state index in [-0.39, 0.29) is 18.0 Å². The lowest BCUT2D eigenvalue weighted by molar-refractivity contribution is -0.139. The van der Waals surface area contributed by atoms with Crippen LogP contribution < -0.4 is 11.1 Å². The van der Waals surface area contributed by atoms with Gasteiger partial charge in [0.15, 0.2) is 0 Å². The summed E-state index contributed by atoms with van der Waals surface area (Å²) in [5.74, 6) is -1.00. The van der Waals surface area contributed by atoms with Gasteiger partial charge in [-0.3, -0.25) is 9.59 Å². The van der Waals surface area contributed by atoms with Crippen LogP contribution >= 0.6 is 0 Å². The summed E-state index contributed by atoms with van der Waals surface area (Å²) in [6, 6.07) is 2.83. The third-order valence-corrected chi connectivity index (χ3v) is 4.32. The lowest BCUT2D eigenvalue weighted by Gasteiger charge is -2.25. The third kappa shape index (κ3) is 4.95. The number of carbonyl (C=O) groups is 2. The van der Waals surface area contributed by atoms with Crippen molar-refractivity contribution < 1.29 is 27.9 Å². The number of hydrogen-bond acceptors (Lipinski definition) is 4. The van der Waals surface area contributed by atoms with Gasteiger partial charge in [0.2, 0.25) is 11.8 Å². The molecular formula is C17H22F3N3O3. The first-order valence-corrected chi connectivity index (χ1v) is 8.34. The summed E-state index contributed by atoms with van der Waals surface area (Å²) in [5, 5.41) is 11.9. The van der Waals surface area contributed by atoms with E-state index in [0.717, 1.165) is 12.5 Å². The van der Waals surface area contributed by atoms with E-state index in [9.17, 15) is 27.9 Å². The number of aliphatic hydroxyl groups is 1. The maximum Gasteiger partial charge on any atom is 0.416 e. The molecule has 6 nitrogen and oxygen atoms in total. The van der Waals surface area contributed by atoms with Crippen LogP contribution in [0.2, 0.25) is 0 Å². The Kier molecular flexibility index (Phi) is 6.60. The van der Waals surface area contributed by atoms with Crippen LogP contribution in [0, 0.1) is 0 Å². The van der Waals surface area contributed by atoms with E-state index in [0.29, 0.717) is 19.4 Å². The van der Waals surface area contributed by atoms with E-state index in [1.807, 2.05) is 0 Å². The Labute approximate surface area is 149 Å². The third-order valence-electron chi connectivity index (χ3n) is 4.32. The molecule has 0 bridgehead atoms. The number of carbonyl (C=O) groups excluding carboxylic acids is 2. The van der Waals surface area contributed by atoms with Crippen molar-refractivity contribution in [2.45, 2.75) is 37.5 Å². The Morgan fingerprint density at radius 1 is 1.35 bits per heavy atom. The second kappa shape index (κ2) is 8.50. The summed E-state index contributed by atoms with van der Waals surface area (Å²) in [6.45, 7) is -0.646. The number of halogens is 3.